The van der Waals surface area contributed by atoms with Crippen LogP contribution in [-0.4, -0.2) is 11.2 Å². The molecule has 0 heterocycles. The lowest BCUT2D eigenvalue weighted by molar-refractivity contribution is 0.210. The second-order valence-corrected chi connectivity index (χ2v) is 3.85. The maximum atomic E-state index is 10.5. The average Bonchev–Trinajstić information content (AvgIpc) is 2.40. The standard InChI is InChI=1S/C15H12N2O2/c16-13-10-12(8-9-14(13)17-15(18)19)7-6-11-4-2-1-3-5-11/h1-5,8-10,17H,16H2,(H,18,19). The molecule has 0 aliphatic heterocycles. The number of nitrogens with two attached hydrogens (primary N) is 1. The van der Waals surface area contributed by atoms with Crippen LogP contribution in [0.3, 0.4) is 0 Å². The van der Waals surface area contributed by atoms with Crippen molar-refractivity contribution in [2.45, 2.75) is 0 Å². The highest BCUT2D eigenvalue weighted by molar-refractivity contribution is 5.87. The van der Waals surface area contributed by atoms with Crippen molar-refractivity contribution in [2.75, 3.05) is 11.1 Å². The van der Waals surface area contributed by atoms with Crippen LogP contribution in [0.2, 0.25) is 0 Å². The summed E-state index contributed by atoms with van der Waals surface area (Å²) >= 11 is 0. The second kappa shape index (κ2) is 5.61. The van der Waals surface area contributed by atoms with Gasteiger partial charge in [-0.05, 0) is 30.3 Å². The molecule has 0 aromatic heterocycles. The van der Waals surface area contributed by atoms with Gasteiger partial charge < -0.3 is 10.8 Å². The van der Waals surface area contributed by atoms with Gasteiger partial charge in [0.1, 0.15) is 0 Å². The highest BCUT2D eigenvalue weighted by Gasteiger charge is 2.02. The summed E-state index contributed by atoms with van der Waals surface area (Å²) in [6.45, 7) is 0. The molecule has 4 N–H and O–H groups in total. The van der Waals surface area contributed by atoms with Gasteiger partial charge in [-0.15, -0.1) is 0 Å². The van der Waals surface area contributed by atoms with E-state index in [0.717, 1.165) is 11.1 Å². The number of amides is 1. The van der Waals surface area contributed by atoms with Gasteiger partial charge in [-0.25, -0.2) is 4.79 Å². The quantitative estimate of drug-likeness (QED) is 0.539. The van der Waals surface area contributed by atoms with E-state index in [4.69, 9.17) is 10.8 Å². The Morgan fingerprint density at radius 3 is 2.37 bits per heavy atom. The van der Waals surface area contributed by atoms with Gasteiger partial charge in [-0.2, -0.15) is 0 Å². The third-order valence-electron chi connectivity index (χ3n) is 2.42. The minimum Gasteiger partial charge on any atom is -0.465 e. The van der Waals surface area contributed by atoms with Crippen LogP contribution in [-0.2, 0) is 0 Å². The number of nitrogen functional groups attached to an aromatic ring is 1. The molecular formula is C15H12N2O2. The van der Waals surface area contributed by atoms with Gasteiger partial charge in [0.2, 0.25) is 0 Å². The van der Waals surface area contributed by atoms with Crippen molar-refractivity contribution < 1.29 is 9.90 Å². The SMILES string of the molecule is Nc1cc(C#Cc2ccccc2)ccc1NC(=O)O. The van der Waals surface area contributed by atoms with Crippen LogP contribution >= 0.6 is 0 Å². The lowest BCUT2D eigenvalue weighted by Gasteiger charge is -2.04. The van der Waals surface area contributed by atoms with Gasteiger partial charge in [0.05, 0.1) is 11.4 Å². The Bertz CT molecular complexity index is 655. The molecule has 0 aliphatic rings. The van der Waals surface area contributed by atoms with Crippen molar-refractivity contribution in [1.82, 2.24) is 0 Å². The molecule has 2 rings (SSSR count). The molecule has 0 radical (unpaired) electrons. The van der Waals surface area contributed by atoms with E-state index >= 15 is 0 Å². The first-order chi connectivity index (χ1) is 9.15. The lowest BCUT2D eigenvalue weighted by Crippen LogP contribution is -2.09. The lowest BCUT2D eigenvalue weighted by atomic mass is 10.1. The number of benzene rings is 2. The number of nitrogens with one attached hydrogen (secondary N) is 1. The Morgan fingerprint density at radius 2 is 1.74 bits per heavy atom. The fourth-order valence-electron chi connectivity index (χ4n) is 1.54. The van der Waals surface area contributed by atoms with Crippen LogP contribution in [0.5, 0.6) is 0 Å². The predicted molar refractivity (Wildman–Crippen MR) is 74.9 cm³/mol. The van der Waals surface area contributed by atoms with E-state index in [0.29, 0.717) is 11.4 Å². The van der Waals surface area contributed by atoms with E-state index in [-0.39, 0.29) is 0 Å². The predicted octanol–water partition coefficient (Wildman–Crippen LogP) is 2.76. The number of hydrogen-bond acceptors (Lipinski definition) is 2. The molecule has 94 valence electrons. The van der Waals surface area contributed by atoms with Gasteiger partial charge in [0.15, 0.2) is 0 Å². The summed E-state index contributed by atoms with van der Waals surface area (Å²) in [7, 11) is 0. The van der Waals surface area contributed by atoms with Crippen molar-refractivity contribution in [1.29, 1.82) is 0 Å². The molecule has 0 aliphatic carbocycles. The minimum atomic E-state index is -1.14. The van der Waals surface area contributed by atoms with E-state index in [9.17, 15) is 4.79 Å². The molecule has 0 spiro atoms. The maximum Gasteiger partial charge on any atom is 0.409 e. The average molecular weight is 252 g/mol. The summed E-state index contributed by atoms with van der Waals surface area (Å²) < 4.78 is 0. The highest BCUT2D eigenvalue weighted by atomic mass is 16.4. The Morgan fingerprint density at radius 1 is 1.05 bits per heavy atom. The summed E-state index contributed by atoms with van der Waals surface area (Å²) in [6.07, 6.45) is -1.14. The summed E-state index contributed by atoms with van der Waals surface area (Å²) in [4.78, 5) is 10.5. The zero-order valence-corrected chi connectivity index (χ0v) is 10.1. The number of carboxylic acid groups (broad SMARTS) is 1. The number of hydrogen-bond donors (Lipinski definition) is 3. The van der Waals surface area contributed by atoms with E-state index in [1.165, 1.54) is 0 Å². The first-order valence-electron chi connectivity index (χ1n) is 5.62. The number of rotatable bonds is 1. The maximum absolute atomic E-state index is 10.5. The Balaban J connectivity index is 2.22. The molecule has 0 saturated carbocycles. The van der Waals surface area contributed by atoms with E-state index in [1.54, 1.807) is 18.2 Å². The van der Waals surface area contributed by atoms with Gasteiger partial charge in [-0.1, -0.05) is 30.0 Å². The van der Waals surface area contributed by atoms with E-state index < -0.39 is 6.09 Å². The van der Waals surface area contributed by atoms with E-state index in [1.807, 2.05) is 30.3 Å². The second-order valence-electron chi connectivity index (χ2n) is 3.85. The van der Waals surface area contributed by atoms with Crippen LogP contribution in [0.4, 0.5) is 16.2 Å². The van der Waals surface area contributed by atoms with Gasteiger partial charge in [0.25, 0.3) is 0 Å². The van der Waals surface area contributed by atoms with Crippen molar-refractivity contribution in [3.8, 4) is 11.8 Å². The fourth-order valence-corrected chi connectivity index (χ4v) is 1.54. The van der Waals surface area contributed by atoms with Crippen molar-refractivity contribution in [3.05, 3.63) is 59.7 Å². The molecule has 4 nitrogen and oxygen atoms in total. The number of carbonyl (C=O) groups is 1. The Kier molecular flexibility index (Phi) is 3.70. The van der Waals surface area contributed by atoms with Crippen molar-refractivity contribution >= 4 is 17.5 Å². The van der Waals surface area contributed by atoms with Crippen LogP contribution in [0, 0.1) is 11.8 Å². The largest absolute Gasteiger partial charge is 0.465 e. The highest BCUT2D eigenvalue weighted by Crippen LogP contribution is 2.19. The smallest absolute Gasteiger partial charge is 0.409 e. The molecule has 0 unspecified atom stereocenters. The number of anilines is 2. The van der Waals surface area contributed by atoms with Crippen LogP contribution in [0.15, 0.2) is 48.5 Å². The van der Waals surface area contributed by atoms with Gasteiger partial charge >= 0.3 is 6.09 Å². The molecule has 0 fully saturated rings. The normalized spacial score (nSPS) is 9.26. The molecule has 0 bridgehead atoms. The fraction of sp³-hybridized carbons (Fsp3) is 0. The molecule has 4 heteroatoms. The Labute approximate surface area is 110 Å². The molecular weight excluding hydrogens is 240 g/mol. The van der Waals surface area contributed by atoms with Crippen molar-refractivity contribution in [2.24, 2.45) is 0 Å². The summed E-state index contributed by atoms with van der Waals surface area (Å²) in [5.41, 5.74) is 8.10. The molecule has 0 atom stereocenters. The summed E-state index contributed by atoms with van der Waals surface area (Å²) in [6, 6.07) is 14.5. The third kappa shape index (κ3) is 3.51. The van der Waals surface area contributed by atoms with E-state index in [2.05, 4.69) is 17.2 Å². The van der Waals surface area contributed by atoms with Crippen LogP contribution < -0.4 is 11.1 Å². The first kappa shape index (κ1) is 12.5. The zero-order valence-electron chi connectivity index (χ0n) is 10.1. The molecule has 2 aromatic rings. The zero-order chi connectivity index (χ0) is 13.7. The van der Waals surface area contributed by atoms with Gasteiger partial charge in [-0.3, -0.25) is 5.32 Å². The summed E-state index contributed by atoms with van der Waals surface area (Å²) in [5, 5.41) is 10.8. The molecule has 19 heavy (non-hydrogen) atoms. The summed E-state index contributed by atoms with van der Waals surface area (Å²) in [5.74, 6) is 5.98. The first-order valence-corrected chi connectivity index (χ1v) is 5.62. The molecule has 2 aromatic carbocycles. The van der Waals surface area contributed by atoms with Crippen LogP contribution in [0.1, 0.15) is 11.1 Å². The van der Waals surface area contributed by atoms with Gasteiger partial charge in [0, 0.05) is 11.1 Å². The molecule has 0 saturated heterocycles. The van der Waals surface area contributed by atoms with Crippen LogP contribution in [0.25, 0.3) is 0 Å². The topological polar surface area (TPSA) is 75.3 Å². The van der Waals surface area contributed by atoms with Crippen molar-refractivity contribution in [3.63, 3.8) is 0 Å². The monoisotopic (exact) mass is 252 g/mol. The molecule has 1 amide bonds. The minimum absolute atomic E-state index is 0.349. The third-order valence-corrected chi connectivity index (χ3v) is 2.42. The Hall–Kier alpha value is -2.93.